The number of aliphatic hydroxyl groups excluding tert-OH is 1. The van der Waals surface area contributed by atoms with Crippen LogP contribution in [0, 0.1) is 0 Å². The van der Waals surface area contributed by atoms with Crippen LogP contribution in [0.5, 0.6) is 5.75 Å². The number of urea groups is 1. The normalized spacial score (nSPS) is 11.8. The summed E-state index contributed by atoms with van der Waals surface area (Å²) in [5.74, 6) is 0.870. The Labute approximate surface area is 133 Å². The lowest BCUT2D eigenvalue weighted by Gasteiger charge is -2.16. The van der Waals surface area contributed by atoms with E-state index in [9.17, 15) is 9.90 Å². The van der Waals surface area contributed by atoms with E-state index in [-0.39, 0.29) is 6.61 Å². The second kappa shape index (κ2) is 7.72. The molecule has 7 heteroatoms. The lowest BCUT2D eigenvalue weighted by molar-refractivity contribution is 0.215. The van der Waals surface area contributed by atoms with E-state index in [1.54, 1.807) is 30.3 Å². The van der Waals surface area contributed by atoms with Gasteiger partial charge in [0.25, 0.3) is 0 Å². The molecule has 2 aromatic rings. The van der Waals surface area contributed by atoms with Gasteiger partial charge >= 0.3 is 6.03 Å². The van der Waals surface area contributed by atoms with Gasteiger partial charge in [0, 0.05) is 0 Å². The highest BCUT2D eigenvalue weighted by Gasteiger charge is 2.17. The van der Waals surface area contributed by atoms with Crippen molar-refractivity contribution in [1.82, 2.24) is 5.32 Å². The Hall–Kier alpha value is -2.18. The van der Waals surface area contributed by atoms with Gasteiger partial charge in [0.2, 0.25) is 0 Å². The van der Waals surface area contributed by atoms with Crippen molar-refractivity contribution in [3.8, 4) is 5.75 Å². The number of hydrogen-bond donors (Lipinski definition) is 3. The summed E-state index contributed by atoms with van der Waals surface area (Å²) in [5, 5.41) is 15.0. The zero-order chi connectivity index (χ0) is 15.9. The Morgan fingerprint density at radius 3 is 2.86 bits per heavy atom. The number of rotatable bonds is 6. The molecule has 1 aromatic carbocycles. The fraction of sp³-hybridized carbons (Fsp3) is 0.267. The third kappa shape index (κ3) is 3.93. The van der Waals surface area contributed by atoms with Gasteiger partial charge in [-0.3, -0.25) is 0 Å². The Morgan fingerprint density at radius 2 is 2.23 bits per heavy atom. The lowest BCUT2D eigenvalue weighted by Crippen LogP contribution is -2.34. The fourth-order valence-electron chi connectivity index (χ4n) is 1.91. The minimum Gasteiger partial charge on any atom is -0.490 e. The quantitative estimate of drug-likeness (QED) is 0.762. The highest BCUT2D eigenvalue weighted by Crippen LogP contribution is 2.32. The number of halogens is 1. The second-order valence-corrected chi connectivity index (χ2v) is 4.81. The third-order valence-electron chi connectivity index (χ3n) is 2.88. The Morgan fingerprint density at radius 1 is 1.41 bits per heavy atom. The number of nitrogens with one attached hydrogen (secondary N) is 2. The number of furan rings is 1. The van der Waals surface area contributed by atoms with Crippen LogP contribution < -0.4 is 15.4 Å². The summed E-state index contributed by atoms with van der Waals surface area (Å²) in [5.41, 5.74) is 0.447. The first-order valence-corrected chi connectivity index (χ1v) is 7.16. The summed E-state index contributed by atoms with van der Waals surface area (Å²) in [6.45, 7) is 1.96. The first-order chi connectivity index (χ1) is 10.7. The summed E-state index contributed by atoms with van der Waals surface area (Å²) >= 11 is 6.05. The molecule has 1 aromatic heterocycles. The van der Waals surface area contributed by atoms with Crippen molar-refractivity contribution in [2.24, 2.45) is 0 Å². The van der Waals surface area contributed by atoms with Gasteiger partial charge in [-0.1, -0.05) is 17.7 Å². The molecule has 0 aliphatic carbocycles. The molecule has 0 spiro atoms. The largest absolute Gasteiger partial charge is 0.490 e. The number of anilines is 1. The Balaban J connectivity index is 2.07. The average Bonchev–Trinajstić information content (AvgIpc) is 3.02. The van der Waals surface area contributed by atoms with E-state index in [2.05, 4.69) is 10.6 Å². The van der Waals surface area contributed by atoms with Crippen LogP contribution in [0.25, 0.3) is 0 Å². The van der Waals surface area contributed by atoms with Crippen LogP contribution in [0.15, 0.2) is 41.0 Å². The van der Waals surface area contributed by atoms with Gasteiger partial charge in [-0.25, -0.2) is 4.79 Å². The highest BCUT2D eigenvalue weighted by atomic mass is 35.5. The minimum atomic E-state index is -0.635. The summed E-state index contributed by atoms with van der Waals surface area (Å²) in [7, 11) is 0. The number of carbonyl (C=O) groups excluding carboxylic acids is 1. The monoisotopic (exact) mass is 324 g/mol. The molecular formula is C15H17ClN2O4. The standard InChI is InChI=1S/C15H17ClN2O4/c1-2-21-14-10(16)5-3-6-11(14)17-15(20)18-12(9-19)13-7-4-8-22-13/h3-8,12,19H,2,9H2,1H3,(H2,17,18,20). The summed E-state index contributed by atoms with van der Waals surface area (Å²) in [4.78, 5) is 12.1. The van der Waals surface area contributed by atoms with Crippen LogP contribution >= 0.6 is 11.6 Å². The average molecular weight is 325 g/mol. The van der Waals surface area contributed by atoms with Crippen molar-refractivity contribution in [3.05, 3.63) is 47.4 Å². The predicted octanol–water partition coefficient (Wildman–Crippen LogP) is 3.19. The first-order valence-electron chi connectivity index (χ1n) is 6.78. The molecule has 0 bridgehead atoms. The molecule has 0 saturated carbocycles. The SMILES string of the molecule is CCOc1c(Cl)cccc1NC(=O)NC(CO)c1ccco1. The number of ether oxygens (including phenoxy) is 1. The van der Waals surface area contributed by atoms with E-state index >= 15 is 0 Å². The van der Waals surface area contributed by atoms with Crippen LogP contribution in [0.4, 0.5) is 10.5 Å². The van der Waals surface area contributed by atoms with Gasteiger partial charge < -0.3 is 24.9 Å². The molecule has 1 heterocycles. The van der Waals surface area contributed by atoms with Crippen LogP contribution in [0.3, 0.4) is 0 Å². The van der Waals surface area contributed by atoms with Gasteiger partial charge in [-0.05, 0) is 31.2 Å². The number of aliphatic hydroxyl groups is 1. The third-order valence-corrected chi connectivity index (χ3v) is 3.18. The van der Waals surface area contributed by atoms with E-state index in [0.717, 1.165) is 0 Å². The molecule has 2 amide bonds. The molecule has 0 fully saturated rings. The maximum absolute atomic E-state index is 12.1. The van der Waals surface area contributed by atoms with Gasteiger partial charge in [0.05, 0.1) is 30.2 Å². The molecular weight excluding hydrogens is 308 g/mol. The Bertz CT molecular complexity index is 616. The molecule has 1 unspecified atom stereocenters. The molecule has 0 saturated heterocycles. The number of carbonyl (C=O) groups is 1. The molecule has 118 valence electrons. The van der Waals surface area contributed by atoms with Gasteiger partial charge in [-0.15, -0.1) is 0 Å². The molecule has 0 aliphatic heterocycles. The minimum absolute atomic E-state index is 0.283. The number of amides is 2. The van der Waals surface area contributed by atoms with Crippen molar-refractivity contribution >= 4 is 23.3 Å². The van der Waals surface area contributed by atoms with E-state index in [0.29, 0.717) is 28.8 Å². The lowest BCUT2D eigenvalue weighted by atomic mass is 10.2. The van der Waals surface area contributed by atoms with E-state index in [1.807, 2.05) is 6.92 Å². The van der Waals surface area contributed by atoms with E-state index in [1.165, 1.54) is 6.26 Å². The maximum atomic E-state index is 12.1. The molecule has 3 N–H and O–H groups in total. The van der Waals surface area contributed by atoms with E-state index < -0.39 is 12.1 Å². The topological polar surface area (TPSA) is 83.7 Å². The van der Waals surface area contributed by atoms with Gasteiger partial charge in [0.15, 0.2) is 5.75 Å². The molecule has 0 aliphatic rings. The van der Waals surface area contributed by atoms with Crippen molar-refractivity contribution in [1.29, 1.82) is 0 Å². The number of hydrogen-bond acceptors (Lipinski definition) is 4. The summed E-state index contributed by atoms with van der Waals surface area (Å²) in [6.07, 6.45) is 1.47. The van der Waals surface area contributed by atoms with Crippen LogP contribution in [0.1, 0.15) is 18.7 Å². The van der Waals surface area contributed by atoms with Crippen LogP contribution in [-0.4, -0.2) is 24.4 Å². The van der Waals surface area contributed by atoms with Crippen molar-refractivity contribution < 1.29 is 19.1 Å². The molecule has 22 heavy (non-hydrogen) atoms. The first kappa shape index (κ1) is 16.2. The molecule has 6 nitrogen and oxygen atoms in total. The predicted molar refractivity (Wildman–Crippen MR) is 83.3 cm³/mol. The second-order valence-electron chi connectivity index (χ2n) is 4.40. The number of benzene rings is 1. The van der Waals surface area contributed by atoms with Crippen molar-refractivity contribution in [2.75, 3.05) is 18.5 Å². The summed E-state index contributed by atoms with van der Waals surface area (Å²) < 4.78 is 10.6. The Kier molecular flexibility index (Phi) is 5.68. The maximum Gasteiger partial charge on any atom is 0.320 e. The van der Waals surface area contributed by atoms with Crippen LogP contribution in [-0.2, 0) is 0 Å². The zero-order valence-corrected chi connectivity index (χ0v) is 12.8. The highest BCUT2D eigenvalue weighted by molar-refractivity contribution is 6.32. The zero-order valence-electron chi connectivity index (χ0n) is 12.0. The van der Waals surface area contributed by atoms with E-state index in [4.69, 9.17) is 20.8 Å². The van der Waals surface area contributed by atoms with Crippen molar-refractivity contribution in [2.45, 2.75) is 13.0 Å². The summed E-state index contributed by atoms with van der Waals surface area (Å²) in [6, 6.07) is 7.28. The molecule has 0 radical (unpaired) electrons. The fourth-order valence-corrected chi connectivity index (χ4v) is 2.14. The van der Waals surface area contributed by atoms with Crippen molar-refractivity contribution in [3.63, 3.8) is 0 Å². The molecule has 1 atom stereocenters. The van der Waals surface area contributed by atoms with Gasteiger partial charge in [0.1, 0.15) is 11.8 Å². The smallest absolute Gasteiger partial charge is 0.320 e. The van der Waals surface area contributed by atoms with Crippen LogP contribution in [0.2, 0.25) is 5.02 Å². The number of para-hydroxylation sites is 1. The molecule has 2 rings (SSSR count). The van der Waals surface area contributed by atoms with Gasteiger partial charge in [-0.2, -0.15) is 0 Å².